The quantitative estimate of drug-likeness (QED) is 0.675. The van der Waals surface area contributed by atoms with Crippen molar-refractivity contribution in [2.24, 2.45) is 0 Å². The van der Waals surface area contributed by atoms with E-state index in [4.69, 9.17) is 0 Å². The maximum absolute atomic E-state index is 13.5. The van der Waals surface area contributed by atoms with Crippen molar-refractivity contribution < 1.29 is 27.5 Å². The molecule has 2 amide bonds. The van der Waals surface area contributed by atoms with Gasteiger partial charge in [-0.05, 0) is 31.7 Å². The Morgan fingerprint density at radius 1 is 0.906 bits per heavy atom. The minimum atomic E-state index is -4.88. The topological polar surface area (TPSA) is 53.1 Å². The van der Waals surface area contributed by atoms with Crippen molar-refractivity contribution in [3.05, 3.63) is 65.4 Å². The van der Waals surface area contributed by atoms with Gasteiger partial charge in [0.05, 0.1) is 11.3 Å². The van der Waals surface area contributed by atoms with Gasteiger partial charge in [0.1, 0.15) is 11.4 Å². The number of piperazine rings is 1. The van der Waals surface area contributed by atoms with Crippen LogP contribution in [0.1, 0.15) is 11.1 Å². The lowest BCUT2D eigenvalue weighted by Crippen LogP contribution is -2.46. The van der Waals surface area contributed by atoms with Gasteiger partial charge in [-0.25, -0.2) is 4.90 Å². The molecule has 0 bridgehead atoms. The molecule has 0 atom stereocenters. The number of hydrogen-bond donors (Lipinski definition) is 0. The number of anilines is 1. The SMILES string of the molecule is Cc1ccc(C2=C(N3CCN(C)CC3)C(=O)N(c3cccc(OC(F)(F)F)c3)C2=O)cc1. The van der Waals surface area contributed by atoms with Crippen molar-refractivity contribution in [2.75, 3.05) is 38.1 Å². The van der Waals surface area contributed by atoms with E-state index in [2.05, 4.69) is 9.64 Å². The van der Waals surface area contributed by atoms with Crippen molar-refractivity contribution in [1.82, 2.24) is 9.80 Å². The Balaban J connectivity index is 1.75. The number of amides is 2. The number of hydrogen-bond acceptors (Lipinski definition) is 5. The molecule has 2 aromatic carbocycles. The van der Waals surface area contributed by atoms with E-state index in [-0.39, 0.29) is 17.0 Å². The van der Waals surface area contributed by atoms with Crippen LogP contribution in [-0.2, 0) is 9.59 Å². The van der Waals surface area contributed by atoms with Crippen molar-refractivity contribution in [3.63, 3.8) is 0 Å². The van der Waals surface area contributed by atoms with Gasteiger partial charge in [0.15, 0.2) is 0 Å². The molecule has 2 aromatic rings. The Labute approximate surface area is 183 Å². The molecule has 168 valence electrons. The van der Waals surface area contributed by atoms with Crippen LogP contribution in [0.4, 0.5) is 18.9 Å². The van der Waals surface area contributed by atoms with Gasteiger partial charge >= 0.3 is 6.36 Å². The average molecular weight is 445 g/mol. The normalized spacial score (nSPS) is 18.0. The first kappa shape index (κ1) is 21.9. The van der Waals surface area contributed by atoms with Crippen molar-refractivity contribution in [3.8, 4) is 5.75 Å². The number of halogens is 3. The second-order valence-corrected chi connectivity index (χ2v) is 7.87. The minimum Gasteiger partial charge on any atom is -0.406 e. The summed E-state index contributed by atoms with van der Waals surface area (Å²) in [6, 6.07) is 12.2. The smallest absolute Gasteiger partial charge is 0.406 e. The summed E-state index contributed by atoms with van der Waals surface area (Å²) in [5.41, 5.74) is 2.14. The first-order valence-corrected chi connectivity index (χ1v) is 10.1. The summed E-state index contributed by atoms with van der Waals surface area (Å²) in [5.74, 6) is -1.63. The summed E-state index contributed by atoms with van der Waals surface area (Å²) in [7, 11) is 1.98. The summed E-state index contributed by atoms with van der Waals surface area (Å²) < 4.78 is 42.0. The average Bonchev–Trinajstić information content (AvgIpc) is 2.98. The number of carbonyl (C=O) groups excluding carboxylic acids is 2. The minimum absolute atomic E-state index is 0.0236. The van der Waals surface area contributed by atoms with E-state index < -0.39 is 23.9 Å². The summed E-state index contributed by atoms with van der Waals surface area (Å²) in [5, 5.41) is 0. The van der Waals surface area contributed by atoms with Gasteiger partial charge in [0.2, 0.25) is 0 Å². The third-order valence-corrected chi connectivity index (χ3v) is 5.53. The predicted octanol–water partition coefficient (Wildman–Crippen LogP) is 3.43. The number of ether oxygens (including phenoxy) is 1. The lowest BCUT2D eigenvalue weighted by molar-refractivity contribution is -0.274. The van der Waals surface area contributed by atoms with Gasteiger partial charge in [-0.2, -0.15) is 0 Å². The fourth-order valence-electron chi connectivity index (χ4n) is 3.88. The highest BCUT2D eigenvalue weighted by Crippen LogP contribution is 2.36. The molecule has 0 saturated carbocycles. The van der Waals surface area contributed by atoms with Crippen LogP contribution in [0.3, 0.4) is 0 Å². The van der Waals surface area contributed by atoms with Gasteiger partial charge in [-0.15, -0.1) is 13.2 Å². The van der Waals surface area contributed by atoms with E-state index in [0.717, 1.165) is 35.7 Å². The lowest BCUT2D eigenvalue weighted by atomic mass is 10.0. The number of aryl methyl sites for hydroxylation is 1. The maximum atomic E-state index is 13.5. The molecule has 1 fully saturated rings. The third-order valence-electron chi connectivity index (χ3n) is 5.53. The third kappa shape index (κ3) is 4.34. The van der Waals surface area contributed by atoms with Gasteiger partial charge in [-0.3, -0.25) is 9.59 Å². The van der Waals surface area contributed by atoms with Crippen LogP contribution in [0.2, 0.25) is 0 Å². The number of likely N-dealkylation sites (N-methyl/N-ethyl adjacent to an activating group) is 1. The van der Waals surface area contributed by atoms with E-state index in [0.29, 0.717) is 18.7 Å². The molecule has 2 aliphatic rings. The predicted molar refractivity (Wildman–Crippen MR) is 113 cm³/mol. The van der Waals surface area contributed by atoms with Crippen molar-refractivity contribution in [1.29, 1.82) is 0 Å². The molecule has 6 nitrogen and oxygen atoms in total. The molecule has 0 spiro atoms. The summed E-state index contributed by atoms with van der Waals surface area (Å²) in [6.07, 6.45) is -4.88. The highest BCUT2D eigenvalue weighted by Gasteiger charge is 2.43. The standard InChI is InChI=1S/C23H22F3N3O3/c1-15-6-8-16(9-7-15)19-20(28-12-10-27(2)11-13-28)22(31)29(21(19)30)17-4-3-5-18(14-17)32-23(24,25)26/h3-9,14H,10-13H2,1-2H3. The van der Waals surface area contributed by atoms with E-state index in [1.54, 1.807) is 12.1 Å². The zero-order valence-electron chi connectivity index (χ0n) is 17.6. The fraction of sp³-hybridized carbons (Fsp3) is 0.304. The zero-order chi connectivity index (χ0) is 23.0. The number of carbonyl (C=O) groups is 2. The molecule has 1 saturated heterocycles. The fourth-order valence-corrected chi connectivity index (χ4v) is 3.88. The van der Waals surface area contributed by atoms with Gasteiger partial charge in [-0.1, -0.05) is 35.9 Å². The Kier molecular flexibility index (Phi) is 5.68. The molecule has 0 N–H and O–H groups in total. The number of rotatable bonds is 4. The molecular weight excluding hydrogens is 423 g/mol. The first-order valence-electron chi connectivity index (χ1n) is 10.1. The van der Waals surface area contributed by atoms with E-state index in [1.807, 2.05) is 31.0 Å². The largest absolute Gasteiger partial charge is 0.573 e. The van der Waals surface area contributed by atoms with Crippen LogP contribution in [0.25, 0.3) is 5.57 Å². The molecular formula is C23H22F3N3O3. The molecule has 9 heteroatoms. The van der Waals surface area contributed by atoms with Gasteiger partial charge in [0.25, 0.3) is 11.8 Å². The monoisotopic (exact) mass is 445 g/mol. The highest BCUT2D eigenvalue weighted by atomic mass is 19.4. The summed E-state index contributed by atoms with van der Waals surface area (Å²) in [4.78, 5) is 31.9. The Morgan fingerprint density at radius 3 is 2.19 bits per heavy atom. The number of nitrogens with zero attached hydrogens (tertiary/aromatic N) is 3. The van der Waals surface area contributed by atoms with Crippen molar-refractivity contribution >= 4 is 23.1 Å². The zero-order valence-corrected chi connectivity index (χ0v) is 17.6. The summed E-state index contributed by atoms with van der Waals surface area (Å²) in [6.45, 7) is 4.48. The molecule has 2 heterocycles. The molecule has 0 radical (unpaired) electrons. The lowest BCUT2D eigenvalue weighted by Gasteiger charge is -2.34. The molecule has 32 heavy (non-hydrogen) atoms. The summed E-state index contributed by atoms with van der Waals surface area (Å²) >= 11 is 0. The first-order chi connectivity index (χ1) is 15.1. The van der Waals surface area contributed by atoms with Crippen LogP contribution in [-0.4, -0.2) is 61.2 Å². The Morgan fingerprint density at radius 2 is 1.56 bits per heavy atom. The molecule has 4 rings (SSSR count). The molecule has 0 aromatic heterocycles. The van der Waals surface area contributed by atoms with Gasteiger partial charge in [0, 0.05) is 32.2 Å². The van der Waals surface area contributed by atoms with Crippen LogP contribution >= 0.6 is 0 Å². The van der Waals surface area contributed by atoms with Crippen molar-refractivity contribution in [2.45, 2.75) is 13.3 Å². The maximum Gasteiger partial charge on any atom is 0.573 e. The number of benzene rings is 2. The Hall–Kier alpha value is -3.33. The Bertz CT molecular complexity index is 1070. The second-order valence-electron chi connectivity index (χ2n) is 7.87. The van der Waals surface area contributed by atoms with Crippen LogP contribution < -0.4 is 9.64 Å². The van der Waals surface area contributed by atoms with Crippen LogP contribution in [0.5, 0.6) is 5.75 Å². The van der Waals surface area contributed by atoms with Gasteiger partial charge < -0.3 is 14.5 Å². The highest BCUT2D eigenvalue weighted by molar-refractivity contribution is 6.45. The van der Waals surface area contributed by atoms with E-state index in [1.165, 1.54) is 12.1 Å². The van der Waals surface area contributed by atoms with Crippen LogP contribution in [0.15, 0.2) is 54.2 Å². The molecule has 0 unspecified atom stereocenters. The molecule has 0 aliphatic carbocycles. The number of imide groups is 1. The number of alkyl halides is 3. The second kappa shape index (κ2) is 8.31. The van der Waals surface area contributed by atoms with E-state index in [9.17, 15) is 22.8 Å². The van der Waals surface area contributed by atoms with E-state index >= 15 is 0 Å². The van der Waals surface area contributed by atoms with Crippen LogP contribution in [0, 0.1) is 6.92 Å². The molecule has 2 aliphatic heterocycles.